The summed E-state index contributed by atoms with van der Waals surface area (Å²) in [6.07, 6.45) is 3.27. The van der Waals surface area contributed by atoms with Gasteiger partial charge < -0.3 is 15.4 Å². The number of hydrogen-bond acceptors (Lipinski definition) is 6. The summed E-state index contributed by atoms with van der Waals surface area (Å²) in [5.74, 6) is 0.671. The molecule has 1 aliphatic heterocycles. The Kier molecular flexibility index (Phi) is 6.08. The molecule has 1 aliphatic rings. The molecule has 0 saturated carbocycles. The fourth-order valence-corrected chi connectivity index (χ4v) is 6.26. The highest BCUT2D eigenvalue weighted by molar-refractivity contribution is 7.89. The second-order valence-electron chi connectivity index (χ2n) is 9.15. The molecule has 1 fully saturated rings. The number of nitrogens with zero attached hydrogens (tertiary/aromatic N) is 3. The molecule has 0 bridgehead atoms. The van der Waals surface area contributed by atoms with Crippen LogP contribution in [0.5, 0.6) is 0 Å². The van der Waals surface area contributed by atoms with Crippen LogP contribution >= 0.6 is 0 Å². The third kappa shape index (κ3) is 4.42. The van der Waals surface area contributed by atoms with Crippen LogP contribution in [0.2, 0.25) is 0 Å². The average molecular weight is 492 g/mol. The van der Waals surface area contributed by atoms with Gasteiger partial charge in [-0.3, -0.25) is 0 Å². The molecule has 1 aromatic carbocycles. The summed E-state index contributed by atoms with van der Waals surface area (Å²) in [4.78, 5) is 12.3. The summed E-state index contributed by atoms with van der Waals surface area (Å²) >= 11 is 0. The smallest absolute Gasteiger partial charge is 0.243 e. The van der Waals surface area contributed by atoms with Gasteiger partial charge in [-0.05, 0) is 68.1 Å². The molecule has 35 heavy (non-hydrogen) atoms. The van der Waals surface area contributed by atoms with Gasteiger partial charge in [0.05, 0.1) is 17.0 Å². The van der Waals surface area contributed by atoms with E-state index >= 15 is 0 Å². The van der Waals surface area contributed by atoms with Gasteiger partial charge >= 0.3 is 0 Å². The highest BCUT2D eigenvalue weighted by Crippen LogP contribution is 2.32. The molecule has 9 heteroatoms. The van der Waals surface area contributed by atoms with Crippen LogP contribution in [-0.4, -0.2) is 58.0 Å². The lowest BCUT2D eigenvalue weighted by Crippen LogP contribution is -2.51. The lowest BCUT2D eigenvalue weighted by molar-refractivity contribution is 0.0949. The monoisotopic (exact) mass is 491 g/mol. The van der Waals surface area contributed by atoms with Gasteiger partial charge in [0.2, 0.25) is 10.0 Å². The van der Waals surface area contributed by atoms with Crippen LogP contribution in [0.4, 0.5) is 5.82 Å². The molecule has 0 radical (unpaired) electrons. The molecular formula is C26H29N5O3S. The highest BCUT2D eigenvalue weighted by atomic mass is 32.2. The number of aromatic amines is 1. The minimum absolute atomic E-state index is 0.0277. The number of aliphatic hydroxyl groups excluding tert-OH is 1. The largest absolute Gasteiger partial charge is 0.390 e. The number of H-pyrrole nitrogens is 1. The third-order valence-corrected chi connectivity index (χ3v) is 8.59. The van der Waals surface area contributed by atoms with Crippen molar-refractivity contribution in [3.8, 4) is 11.1 Å². The van der Waals surface area contributed by atoms with Crippen molar-refractivity contribution in [1.29, 1.82) is 0 Å². The number of sulfonamides is 1. The van der Waals surface area contributed by atoms with E-state index in [1.165, 1.54) is 4.31 Å². The van der Waals surface area contributed by atoms with Crippen molar-refractivity contribution in [2.45, 2.75) is 44.2 Å². The SMILES string of the molecule is Cc1ccc(N[C@@H]2CCN(S(=O)(=O)c3ccc(-c4c(C)nc5[nH]ccc5c4C)cc3)C[C@@H]2O)nc1. The first-order valence-electron chi connectivity index (χ1n) is 11.7. The molecule has 2 atom stereocenters. The van der Waals surface area contributed by atoms with E-state index in [0.29, 0.717) is 18.8 Å². The van der Waals surface area contributed by atoms with Gasteiger partial charge in [0.15, 0.2) is 0 Å². The summed E-state index contributed by atoms with van der Waals surface area (Å²) in [6.45, 7) is 6.31. The molecule has 3 aromatic heterocycles. The fourth-order valence-electron chi connectivity index (χ4n) is 4.79. The number of nitrogens with one attached hydrogen (secondary N) is 2. The summed E-state index contributed by atoms with van der Waals surface area (Å²) in [5.41, 5.74) is 5.81. The summed E-state index contributed by atoms with van der Waals surface area (Å²) in [7, 11) is -3.73. The van der Waals surface area contributed by atoms with Crippen LogP contribution in [0.15, 0.2) is 59.8 Å². The number of anilines is 1. The molecule has 1 saturated heterocycles. The van der Waals surface area contributed by atoms with Gasteiger partial charge in [-0.15, -0.1) is 0 Å². The number of aryl methyl sites for hydroxylation is 3. The molecule has 0 aliphatic carbocycles. The second-order valence-corrected chi connectivity index (χ2v) is 11.1. The zero-order valence-corrected chi connectivity index (χ0v) is 20.8. The van der Waals surface area contributed by atoms with E-state index in [9.17, 15) is 13.5 Å². The normalized spacial score (nSPS) is 19.2. The molecule has 4 heterocycles. The maximum absolute atomic E-state index is 13.3. The minimum Gasteiger partial charge on any atom is -0.390 e. The first-order valence-corrected chi connectivity index (χ1v) is 13.1. The van der Waals surface area contributed by atoms with E-state index in [2.05, 4.69) is 27.2 Å². The van der Waals surface area contributed by atoms with E-state index in [4.69, 9.17) is 0 Å². The van der Waals surface area contributed by atoms with E-state index in [0.717, 1.165) is 39.0 Å². The number of aromatic nitrogens is 3. The number of piperidine rings is 1. The predicted molar refractivity (Wildman–Crippen MR) is 137 cm³/mol. The fraction of sp³-hybridized carbons (Fsp3) is 0.308. The Bertz CT molecular complexity index is 1460. The lowest BCUT2D eigenvalue weighted by atomic mass is 9.97. The second kappa shape index (κ2) is 9.07. The quantitative estimate of drug-likeness (QED) is 0.392. The van der Waals surface area contributed by atoms with Crippen LogP contribution < -0.4 is 5.32 Å². The minimum atomic E-state index is -3.73. The number of aliphatic hydroxyl groups is 1. The van der Waals surface area contributed by atoms with Crippen molar-refractivity contribution in [3.05, 3.63) is 71.7 Å². The topological polar surface area (TPSA) is 111 Å². The average Bonchev–Trinajstić information content (AvgIpc) is 3.31. The Morgan fingerprint density at radius 1 is 1.09 bits per heavy atom. The summed E-state index contributed by atoms with van der Waals surface area (Å²) < 4.78 is 28.0. The first kappa shape index (κ1) is 23.5. The number of β-amino-alcohol motifs (C(OH)–C–C–N with tert-alkyl or cyclic N) is 1. The molecule has 4 aromatic rings. The molecule has 182 valence electrons. The first-order chi connectivity index (χ1) is 16.7. The maximum Gasteiger partial charge on any atom is 0.243 e. The number of fused-ring (bicyclic) bond motifs is 1. The lowest BCUT2D eigenvalue weighted by Gasteiger charge is -2.35. The summed E-state index contributed by atoms with van der Waals surface area (Å²) in [5, 5.41) is 15.0. The molecule has 0 unspecified atom stereocenters. The number of benzene rings is 1. The highest BCUT2D eigenvalue weighted by Gasteiger charge is 2.35. The number of pyridine rings is 2. The molecule has 8 nitrogen and oxygen atoms in total. The van der Waals surface area contributed by atoms with E-state index in [1.807, 2.05) is 50.4 Å². The Morgan fingerprint density at radius 3 is 2.54 bits per heavy atom. The zero-order chi connectivity index (χ0) is 24.7. The van der Waals surface area contributed by atoms with Gasteiger partial charge in [-0.2, -0.15) is 4.31 Å². The van der Waals surface area contributed by atoms with E-state index < -0.39 is 16.1 Å². The predicted octanol–water partition coefficient (Wildman–Crippen LogP) is 3.79. The van der Waals surface area contributed by atoms with Gasteiger partial charge in [0, 0.05) is 42.1 Å². The van der Waals surface area contributed by atoms with Gasteiger partial charge in [-0.1, -0.05) is 18.2 Å². The summed E-state index contributed by atoms with van der Waals surface area (Å²) in [6, 6.07) is 12.5. The van der Waals surface area contributed by atoms with Crippen LogP contribution in [0, 0.1) is 20.8 Å². The van der Waals surface area contributed by atoms with Crippen LogP contribution in [0.25, 0.3) is 22.2 Å². The zero-order valence-electron chi connectivity index (χ0n) is 20.0. The standard InChI is InChI=1S/C26H29N5O3S/c1-16-4-9-24(28-14-16)30-22-11-13-31(15-23(22)32)35(33,34)20-7-5-19(6-8-20)25-17(2)21-10-12-27-26(21)29-18(25)3/h4-10,12,14,22-23,32H,11,13,15H2,1-3H3,(H,27,29)(H,28,30)/t22-,23+/m1/s1. The van der Waals surface area contributed by atoms with E-state index in [-0.39, 0.29) is 17.5 Å². The molecule has 0 amide bonds. The Morgan fingerprint density at radius 2 is 1.86 bits per heavy atom. The van der Waals surface area contributed by atoms with Crippen molar-refractivity contribution >= 4 is 26.9 Å². The van der Waals surface area contributed by atoms with Crippen molar-refractivity contribution in [2.75, 3.05) is 18.4 Å². The Balaban J connectivity index is 1.33. The molecular weight excluding hydrogens is 462 g/mol. The van der Waals surface area contributed by atoms with Crippen molar-refractivity contribution in [1.82, 2.24) is 19.3 Å². The van der Waals surface area contributed by atoms with Crippen molar-refractivity contribution < 1.29 is 13.5 Å². The Labute approximate surface area is 205 Å². The third-order valence-electron chi connectivity index (χ3n) is 6.72. The van der Waals surface area contributed by atoms with Crippen LogP contribution in [0.1, 0.15) is 23.2 Å². The van der Waals surface area contributed by atoms with Crippen molar-refractivity contribution in [3.63, 3.8) is 0 Å². The van der Waals surface area contributed by atoms with Crippen molar-refractivity contribution in [2.24, 2.45) is 0 Å². The maximum atomic E-state index is 13.3. The van der Waals surface area contributed by atoms with Gasteiger partial charge in [-0.25, -0.2) is 18.4 Å². The molecule has 5 rings (SSSR count). The van der Waals surface area contributed by atoms with E-state index in [1.54, 1.807) is 18.3 Å². The van der Waals surface area contributed by atoms with Crippen LogP contribution in [0.3, 0.4) is 0 Å². The molecule has 3 N–H and O–H groups in total. The molecule has 0 spiro atoms. The van der Waals surface area contributed by atoms with Gasteiger partial charge in [0.1, 0.15) is 11.5 Å². The van der Waals surface area contributed by atoms with Gasteiger partial charge in [0.25, 0.3) is 0 Å². The van der Waals surface area contributed by atoms with Crippen LogP contribution in [-0.2, 0) is 10.0 Å². The number of rotatable bonds is 5. The Hall–Kier alpha value is -3.27. The number of hydrogen-bond donors (Lipinski definition) is 3.